The van der Waals surface area contributed by atoms with Crippen LogP contribution in [0.1, 0.15) is 20.8 Å². The molecule has 0 radical (unpaired) electrons. The number of carbonyl (C=O) groups is 2. The van der Waals surface area contributed by atoms with Crippen molar-refractivity contribution in [3.63, 3.8) is 0 Å². The van der Waals surface area contributed by atoms with Crippen LogP contribution in [-0.2, 0) is 0 Å². The normalized spacial score (nSPS) is 10.4. The highest BCUT2D eigenvalue weighted by Gasteiger charge is 2.18. The maximum Gasteiger partial charge on any atom is 0.276 e. The Balaban J connectivity index is 1.93. The molecule has 1 heterocycles. The lowest BCUT2D eigenvalue weighted by Crippen LogP contribution is -2.38. The second kappa shape index (κ2) is 6.48. The van der Waals surface area contributed by atoms with E-state index in [2.05, 4.69) is 10.3 Å². The molecule has 0 aliphatic carbocycles. The summed E-state index contributed by atoms with van der Waals surface area (Å²) in [5, 5.41) is 10.9. The second-order valence-corrected chi connectivity index (χ2v) is 5.52. The summed E-state index contributed by atoms with van der Waals surface area (Å²) in [6.07, 6.45) is 0. The molecule has 7 nitrogen and oxygen atoms in total. The van der Waals surface area contributed by atoms with Crippen molar-refractivity contribution in [1.82, 2.24) is 9.88 Å². The molecule has 2 aromatic carbocycles. The number of aromatic amines is 1. The first-order valence-electron chi connectivity index (χ1n) is 7.57. The van der Waals surface area contributed by atoms with Crippen molar-refractivity contribution in [1.29, 1.82) is 5.41 Å². The predicted octanol–water partition coefficient (Wildman–Crippen LogP) is 2.39. The number of benzene rings is 2. The van der Waals surface area contributed by atoms with Crippen molar-refractivity contribution < 1.29 is 9.59 Å². The van der Waals surface area contributed by atoms with Gasteiger partial charge in [-0.1, -0.05) is 24.3 Å². The Morgan fingerprint density at radius 3 is 2.52 bits per heavy atom. The molecule has 126 valence electrons. The number of amides is 2. The van der Waals surface area contributed by atoms with E-state index in [1.54, 1.807) is 48.5 Å². The van der Waals surface area contributed by atoms with Crippen molar-refractivity contribution in [2.75, 3.05) is 12.4 Å². The molecule has 0 saturated heterocycles. The second-order valence-electron chi connectivity index (χ2n) is 5.52. The van der Waals surface area contributed by atoms with E-state index in [1.807, 2.05) is 6.07 Å². The zero-order chi connectivity index (χ0) is 18.0. The van der Waals surface area contributed by atoms with Gasteiger partial charge in [-0.3, -0.25) is 19.9 Å². The van der Waals surface area contributed by atoms with Gasteiger partial charge in [-0.2, -0.15) is 0 Å². The zero-order valence-electron chi connectivity index (χ0n) is 13.5. The van der Waals surface area contributed by atoms with Gasteiger partial charge in [-0.05, 0) is 30.3 Å². The Labute approximate surface area is 143 Å². The monoisotopic (exact) mass is 335 g/mol. The van der Waals surface area contributed by atoms with Crippen molar-refractivity contribution in [3.8, 4) is 0 Å². The number of guanidine groups is 1. The van der Waals surface area contributed by atoms with E-state index in [0.29, 0.717) is 22.2 Å². The van der Waals surface area contributed by atoms with Gasteiger partial charge in [0.2, 0.25) is 0 Å². The summed E-state index contributed by atoms with van der Waals surface area (Å²) < 4.78 is 0. The highest BCUT2D eigenvalue weighted by atomic mass is 16.2. The van der Waals surface area contributed by atoms with E-state index in [4.69, 9.17) is 11.1 Å². The number of nitrogens with zero attached hydrogens (tertiary/aromatic N) is 1. The van der Waals surface area contributed by atoms with Crippen molar-refractivity contribution in [2.45, 2.75) is 0 Å². The van der Waals surface area contributed by atoms with E-state index >= 15 is 0 Å². The van der Waals surface area contributed by atoms with Crippen LogP contribution in [0, 0.1) is 5.41 Å². The smallest absolute Gasteiger partial charge is 0.276 e. The lowest BCUT2D eigenvalue weighted by atomic mass is 10.1. The molecule has 0 atom stereocenters. The average Bonchev–Trinajstić information content (AvgIpc) is 3.06. The first-order valence-corrected chi connectivity index (χ1v) is 7.57. The summed E-state index contributed by atoms with van der Waals surface area (Å²) in [4.78, 5) is 28.7. The minimum atomic E-state index is -0.427. The standard InChI is InChI=1S/C18H17N5O2/c1-23(18(19)20)17(25)15-10-12-13(21-15)8-5-9-14(12)22-16(24)11-6-3-2-4-7-11/h2-10,21H,1H3,(H3,19,20)(H,22,24). The zero-order valence-corrected chi connectivity index (χ0v) is 13.5. The SMILES string of the molecule is CN(C(=N)N)C(=O)c1cc2c(NC(=O)c3ccccc3)cccc2[nH]1. The Kier molecular flexibility index (Phi) is 4.21. The first kappa shape index (κ1) is 16.3. The molecule has 3 aromatic rings. The fourth-order valence-corrected chi connectivity index (χ4v) is 2.45. The van der Waals surface area contributed by atoms with Crippen LogP contribution < -0.4 is 11.1 Å². The number of aromatic nitrogens is 1. The van der Waals surface area contributed by atoms with Crippen LogP contribution in [-0.4, -0.2) is 34.7 Å². The Hall–Kier alpha value is -3.61. The fraction of sp³-hybridized carbons (Fsp3) is 0.0556. The number of nitrogens with two attached hydrogens (primary N) is 1. The van der Waals surface area contributed by atoms with E-state index in [-0.39, 0.29) is 17.6 Å². The number of H-pyrrole nitrogens is 1. The number of anilines is 1. The quantitative estimate of drug-likeness (QED) is 0.435. The molecular formula is C18H17N5O2. The lowest BCUT2D eigenvalue weighted by molar-refractivity contribution is 0.0864. The third-order valence-corrected chi connectivity index (χ3v) is 3.84. The number of hydrogen-bond acceptors (Lipinski definition) is 3. The average molecular weight is 335 g/mol. The van der Waals surface area contributed by atoms with Crippen LogP contribution in [0.4, 0.5) is 5.69 Å². The lowest BCUT2D eigenvalue weighted by Gasteiger charge is -2.12. The van der Waals surface area contributed by atoms with Crippen molar-refractivity contribution in [2.24, 2.45) is 5.73 Å². The van der Waals surface area contributed by atoms with Gasteiger partial charge >= 0.3 is 0 Å². The van der Waals surface area contributed by atoms with Gasteiger partial charge in [-0.25, -0.2) is 0 Å². The number of fused-ring (bicyclic) bond motifs is 1. The van der Waals surface area contributed by atoms with Gasteiger partial charge < -0.3 is 16.0 Å². The number of rotatable bonds is 3. The maximum atomic E-state index is 12.4. The van der Waals surface area contributed by atoms with Crippen molar-refractivity contribution >= 4 is 34.4 Å². The summed E-state index contributed by atoms with van der Waals surface area (Å²) in [5.41, 5.74) is 7.47. The number of nitrogens with one attached hydrogen (secondary N) is 3. The van der Waals surface area contributed by atoms with Crippen LogP contribution in [0.3, 0.4) is 0 Å². The number of hydrogen-bond donors (Lipinski definition) is 4. The third-order valence-electron chi connectivity index (χ3n) is 3.84. The summed E-state index contributed by atoms with van der Waals surface area (Å²) in [6.45, 7) is 0. The third kappa shape index (κ3) is 3.20. The topological polar surface area (TPSA) is 115 Å². The minimum absolute atomic E-state index is 0.233. The predicted molar refractivity (Wildman–Crippen MR) is 96.7 cm³/mol. The van der Waals surface area contributed by atoms with E-state index < -0.39 is 5.91 Å². The van der Waals surface area contributed by atoms with Gasteiger partial charge in [0.05, 0.1) is 5.69 Å². The van der Waals surface area contributed by atoms with Gasteiger partial charge in [0.15, 0.2) is 5.96 Å². The van der Waals surface area contributed by atoms with Gasteiger partial charge in [-0.15, -0.1) is 0 Å². The summed E-state index contributed by atoms with van der Waals surface area (Å²) in [5.74, 6) is -1.01. The van der Waals surface area contributed by atoms with E-state index in [1.165, 1.54) is 7.05 Å². The largest absolute Gasteiger partial charge is 0.370 e. The van der Waals surface area contributed by atoms with Crippen LogP contribution in [0.2, 0.25) is 0 Å². The van der Waals surface area contributed by atoms with Crippen LogP contribution in [0.25, 0.3) is 10.9 Å². The molecule has 0 spiro atoms. The molecular weight excluding hydrogens is 318 g/mol. The van der Waals surface area contributed by atoms with Crippen LogP contribution in [0.5, 0.6) is 0 Å². The molecule has 3 rings (SSSR count). The molecule has 5 N–H and O–H groups in total. The first-order chi connectivity index (χ1) is 12.0. The Morgan fingerprint density at radius 1 is 1.12 bits per heavy atom. The van der Waals surface area contributed by atoms with E-state index in [9.17, 15) is 9.59 Å². The van der Waals surface area contributed by atoms with Crippen LogP contribution >= 0.6 is 0 Å². The number of carbonyl (C=O) groups excluding carboxylic acids is 2. The maximum absolute atomic E-state index is 12.4. The molecule has 7 heteroatoms. The highest BCUT2D eigenvalue weighted by Crippen LogP contribution is 2.25. The molecule has 0 fully saturated rings. The molecule has 0 unspecified atom stereocenters. The molecule has 1 aromatic heterocycles. The summed E-state index contributed by atoms with van der Waals surface area (Å²) in [6, 6.07) is 15.9. The Bertz CT molecular complexity index is 962. The summed E-state index contributed by atoms with van der Waals surface area (Å²) in [7, 11) is 1.42. The fourth-order valence-electron chi connectivity index (χ4n) is 2.45. The molecule has 25 heavy (non-hydrogen) atoms. The molecule has 2 amide bonds. The van der Waals surface area contributed by atoms with Crippen molar-refractivity contribution in [3.05, 3.63) is 65.9 Å². The van der Waals surface area contributed by atoms with Gasteiger partial charge in [0.25, 0.3) is 11.8 Å². The van der Waals surface area contributed by atoms with E-state index in [0.717, 1.165) is 4.90 Å². The molecule has 0 aliphatic heterocycles. The highest BCUT2D eigenvalue weighted by molar-refractivity contribution is 6.11. The molecule has 0 aliphatic rings. The Morgan fingerprint density at radius 2 is 1.84 bits per heavy atom. The molecule has 0 saturated carbocycles. The van der Waals surface area contributed by atoms with Crippen LogP contribution in [0.15, 0.2) is 54.6 Å². The minimum Gasteiger partial charge on any atom is -0.370 e. The van der Waals surface area contributed by atoms with Gasteiger partial charge in [0.1, 0.15) is 5.69 Å². The summed E-state index contributed by atoms with van der Waals surface area (Å²) >= 11 is 0. The van der Waals surface area contributed by atoms with Gasteiger partial charge in [0, 0.05) is 23.5 Å². The molecule has 0 bridgehead atoms.